The van der Waals surface area contributed by atoms with Gasteiger partial charge in [-0.2, -0.15) is 0 Å². The largest absolute Gasteiger partial charge is 0.395 e. The Balaban J connectivity index is 1.78. The summed E-state index contributed by atoms with van der Waals surface area (Å²) in [6.07, 6.45) is 2.08. The van der Waals surface area contributed by atoms with E-state index in [4.69, 9.17) is 0 Å². The van der Waals surface area contributed by atoms with Crippen molar-refractivity contribution >= 4 is 5.65 Å². The number of aryl methyl sites for hydroxylation is 1. The van der Waals surface area contributed by atoms with Gasteiger partial charge in [-0.05, 0) is 24.6 Å². The molecule has 3 rings (SSSR count). The molecule has 22 heavy (non-hydrogen) atoms. The van der Waals surface area contributed by atoms with Gasteiger partial charge in [-0.3, -0.25) is 4.90 Å². The van der Waals surface area contributed by atoms with Gasteiger partial charge in [0, 0.05) is 31.5 Å². The normalized spacial score (nSPS) is 11.4. The molecule has 0 spiro atoms. The second-order valence-electron chi connectivity index (χ2n) is 5.55. The van der Waals surface area contributed by atoms with Gasteiger partial charge in [0.2, 0.25) is 0 Å². The predicted octanol–water partition coefficient (Wildman–Crippen LogP) is 2.64. The second kappa shape index (κ2) is 6.73. The molecule has 0 aliphatic rings. The van der Waals surface area contributed by atoms with Gasteiger partial charge >= 0.3 is 0 Å². The number of fused-ring (bicyclic) bond motifs is 1. The molecule has 1 aromatic carbocycles. The Morgan fingerprint density at radius 2 is 1.86 bits per heavy atom. The highest BCUT2D eigenvalue weighted by atomic mass is 16.3. The molecular formula is C18H21N3O. The van der Waals surface area contributed by atoms with E-state index in [-0.39, 0.29) is 6.61 Å². The molecule has 4 nitrogen and oxygen atoms in total. The SMILES string of the molecule is Cc1cccc2nc(CN(CCO)Cc3ccccc3)cn12. The van der Waals surface area contributed by atoms with Crippen LogP contribution in [0.2, 0.25) is 0 Å². The van der Waals surface area contributed by atoms with Crippen LogP contribution < -0.4 is 0 Å². The molecule has 0 aliphatic carbocycles. The van der Waals surface area contributed by atoms with Crippen LogP contribution in [0, 0.1) is 6.92 Å². The molecule has 2 heterocycles. The highest BCUT2D eigenvalue weighted by molar-refractivity contribution is 5.41. The van der Waals surface area contributed by atoms with E-state index in [1.165, 1.54) is 11.3 Å². The van der Waals surface area contributed by atoms with Crippen molar-refractivity contribution in [3.05, 3.63) is 71.7 Å². The fourth-order valence-electron chi connectivity index (χ4n) is 2.70. The van der Waals surface area contributed by atoms with Crippen molar-refractivity contribution in [1.29, 1.82) is 0 Å². The standard InChI is InChI=1S/C18H21N3O/c1-15-6-5-9-18-19-17(14-21(15)18)13-20(10-11-22)12-16-7-3-2-4-8-16/h2-9,14,22H,10-13H2,1H3. The summed E-state index contributed by atoms with van der Waals surface area (Å²) >= 11 is 0. The summed E-state index contributed by atoms with van der Waals surface area (Å²) in [5.41, 5.74) is 4.42. The van der Waals surface area contributed by atoms with E-state index in [1.807, 2.05) is 30.3 Å². The third-order valence-electron chi connectivity index (χ3n) is 3.80. The van der Waals surface area contributed by atoms with Gasteiger partial charge in [-0.25, -0.2) is 4.98 Å². The van der Waals surface area contributed by atoms with Crippen LogP contribution in [-0.2, 0) is 13.1 Å². The van der Waals surface area contributed by atoms with Crippen molar-refractivity contribution in [3.8, 4) is 0 Å². The molecule has 0 amide bonds. The predicted molar refractivity (Wildman–Crippen MR) is 87.6 cm³/mol. The molecule has 0 fully saturated rings. The number of pyridine rings is 1. The van der Waals surface area contributed by atoms with Crippen LogP contribution in [0.4, 0.5) is 0 Å². The van der Waals surface area contributed by atoms with Crippen molar-refractivity contribution in [3.63, 3.8) is 0 Å². The maximum absolute atomic E-state index is 9.31. The Kier molecular flexibility index (Phi) is 4.51. The molecule has 2 aromatic heterocycles. The Bertz CT molecular complexity index is 736. The average Bonchev–Trinajstić information content (AvgIpc) is 2.92. The lowest BCUT2D eigenvalue weighted by atomic mass is 10.2. The van der Waals surface area contributed by atoms with E-state index in [1.54, 1.807) is 0 Å². The van der Waals surface area contributed by atoms with E-state index in [0.29, 0.717) is 6.54 Å². The van der Waals surface area contributed by atoms with Gasteiger partial charge in [-0.15, -0.1) is 0 Å². The molecule has 1 N–H and O–H groups in total. The van der Waals surface area contributed by atoms with Crippen molar-refractivity contribution in [2.24, 2.45) is 0 Å². The number of hydrogen-bond acceptors (Lipinski definition) is 3. The van der Waals surface area contributed by atoms with Crippen LogP contribution >= 0.6 is 0 Å². The summed E-state index contributed by atoms with van der Waals surface area (Å²) in [7, 11) is 0. The Morgan fingerprint density at radius 3 is 2.59 bits per heavy atom. The van der Waals surface area contributed by atoms with E-state index in [9.17, 15) is 5.11 Å². The summed E-state index contributed by atoms with van der Waals surface area (Å²) in [4.78, 5) is 6.89. The van der Waals surface area contributed by atoms with Gasteiger partial charge in [0.1, 0.15) is 5.65 Å². The van der Waals surface area contributed by atoms with Crippen LogP contribution in [-0.4, -0.2) is 32.5 Å². The number of aliphatic hydroxyl groups excluding tert-OH is 1. The zero-order chi connectivity index (χ0) is 15.4. The minimum atomic E-state index is 0.152. The first kappa shape index (κ1) is 14.8. The number of aliphatic hydroxyl groups is 1. The maximum Gasteiger partial charge on any atom is 0.137 e. The summed E-state index contributed by atoms with van der Waals surface area (Å²) in [6, 6.07) is 16.4. The van der Waals surface area contributed by atoms with E-state index >= 15 is 0 Å². The number of hydrogen-bond donors (Lipinski definition) is 1. The first-order chi connectivity index (χ1) is 10.8. The molecule has 0 saturated carbocycles. The van der Waals surface area contributed by atoms with Crippen molar-refractivity contribution in [2.75, 3.05) is 13.2 Å². The molecule has 0 radical (unpaired) electrons. The fraction of sp³-hybridized carbons (Fsp3) is 0.278. The zero-order valence-electron chi connectivity index (χ0n) is 12.8. The van der Waals surface area contributed by atoms with Crippen LogP contribution in [0.15, 0.2) is 54.7 Å². The summed E-state index contributed by atoms with van der Waals surface area (Å²) in [5, 5.41) is 9.31. The lowest BCUT2D eigenvalue weighted by Crippen LogP contribution is -2.26. The lowest BCUT2D eigenvalue weighted by molar-refractivity contribution is 0.183. The van der Waals surface area contributed by atoms with Crippen LogP contribution in [0.3, 0.4) is 0 Å². The molecular weight excluding hydrogens is 274 g/mol. The van der Waals surface area contributed by atoms with Crippen molar-refractivity contribution in [1.82, 2.24) is 14.3 Å². The smallest absolute Gasteiger partial charge is 0.137 e. The lowest BCUT2D eigenvalue weighted by Gasteiger charge is -2.20. The minimum absolute atomic E-state index is 0.152. The third-order valence-corrected chi connectivity index (χ3v) is 3.80. The monoisotopic (exact) mass is 295 g/mol. The number of imidazole rings is 1. The molecule has 3 aromatic rings. The number of aromatic nitrogens is 2. The van der Waals surface area contributed by atoms with E-state index in [2.05, 4.69) is 45.6 Å². The topological polar surface area (TPSA) is 40.8 Å². The second-order valence-corrected chi connectivity index (χ2v) is 5.55. The molecule has 114 valence electrons. The Morgan fingerprint density at radius 1 is 1.05 bits per heavy atom. The van der Waals surface area contributed by atoms with Crippen LogP contribution in [0.5, 0.6) is 0 Å². The minimum Gasteiger partial charge on any atom is -0.395 e. The van der Waals surface area contributed by atoms with Crippen LogP contribution in [0.25, 0.3) is 5.65 Å². The third kappa shape index (κ3) is 3.35. The quantitative estimate of drug-likeness (QED) is 0.760. The van der Waals surface area contributed by atoms with Gasteiger partial charge < -0.3 is 9.51 Å². The highest BCUT2D eigenvalue weighted by Gasteiger charge is 2.10. The van der Waals surface area contributed by atoms with Gasteiger partial charge in [-0.1, -0.05) is 36.4 Å². The molecule has 0 bridgehead atoms. The highest BCUT2D eigenvalue weighted by Crippen LogP contribution is 2.12. The van der Waals surface area contributed by atoms with Crippen molar-refractivity contribution in [2.45, 2.75) is 20.0 Å². The summed E-state index contributed by atoms with van der Waals surface area (Å²) in [5.74, 6) is 0. The molecule has 0 aliphatic heterocycles. The molecule has 0 atom stereocenters. The summed E-state index contributed by atoms with van der Waals surface area (Å²) < 4.78 is 2.11. The molecule has 0 unspecified atom stereocenters. The maximum atomic E-state index is 9.31. The van der Waals surface area contributed by atoms with Crippen molar-refractivity contribution < 1.29 is 5.11 Å². The Labute approximate surface area is 130 Å². The number of rotatable bonds is 6. The van der Waals surface area contributed by atoms with Gasteiger partial charge in [0.05, 0.1) is 12.3 Å². The first-order valence-electron chi connectivity index (χ1n) is 7.57. The first-order valence-corrected chi connectivity index (χ1v) is 7.57. The summed E-state index contributed by atoms with van der Waals surface area (Å²) in [6.45, 7) is 4.42. The van der Waals surface area contributed by atoms with E-state index in [0.717, 1.165) is 24.4 Å². The Hall–Kier alpha value is -2.17. The number of nitrogens with zero attached hydrogens (tertiary/aromatic N) is 3. The van der Waals surface area contributed by atoms with Crippen LogP contribution in [0.1, 0.15) is 17.0 Å². The molecule has 0 saturated heterocycles. The van der Waals surface area contributed by atoms with Gasteiger partial charge in [0.15, 0.2) is 0 Å². The molecule has 4 heteroatoms. The number of benzene rings is 1. The van der Waals surface area contributed by atoms with Gasteiger partial charge in [0.25, 0.3) is 0 Å². The zero-order valence-corrected chi connectivity index (χ0v) is 12.8. The average molecular weight is 295 g/mol. The van der Waals surface area contributed by atoms with E-state index < -0.39 is 0 Å². The fourth-order valence-corrected chi connectivity index (χ4v) is 2.70.